The lowest BCUT2D eigenvalue weighted by atomic mass is 10.2. The SMILES string of the molecule is CCN1CCCOc2ccc(Nc3ncc(Cl)c(Nc4ccsc4C(=O)O)n3)cc21. The number of halogens is 1. The minimum absolute atomic E-state index is 0.185. The zero-order chi connectivity index (χ0) is 21.1. The molecular formula is C20H20ClN5O3S. The van der Waals surface area contributed by atoms with Gasteiger partial charge in [-0.1, -0.05) is 11.6 Å². The Morgan fingerprint density at radius 3 is 3.03 bits per heavy atom. The van der Waals surface area contributed by atoms with E-state index >= 15 is 0 Å². The number of carbonyl (C=O) groups is 1. The van der Waals surface area contributed by atoms with E-state index < -0.39 is 5.97 Å². The van der Waals surface area contributed by atoms with Crippen LogP contribution in [0.2, 0.25) is 5.02 Å². The van der Waals surface area contributed by atoms with Crippen LogP contribution >= 0.6 is 22.9 Å². The first kappa shape index (κ1) is 20.2. The van der Waals surface area contributed by atoms with Crippen LogP contribution in [0, 0.1) is 0 Å². The van der Waals surface area contributed by atoms with Crippen molar-refractivity contribution >= 4 is 57.7 Å². The predicted molar refractivity (Wildman–Crippen MR) is 119 cm³/mol. The fourth-order valence-corrected chi connectivity index (χ4v) is 4.02. The zero-order valence-corrected chi connectivity index (χ0v) is 17.8. The summed E-state index contributed by atoms with van der Waals surface area (Å²) in [5.74, 6) is 0.511. The molecule has 1 aromatic carbocycles. The number of carboxylic acids is 1. The summed E-state index contributed by atoms with van der Waals surface area (Å²) in [6, 6.07) is 7.53. The molecule has 30 heavy (non-hydrogen) atoms. The Morgan fingerprint density at radius 2 is 2.23 bits per heavy atom. The first-order chi connectivity index (χ1) is 14.5. The van der Waals surface area contributed by atoms with Gasteiger partial charge in [0.15, 0.2) is 5.82 Å². The molecule has 0 bridgehead atoms. The lowest BCUT2D eigenvalue weighted by molar-refractivity contribution is 0.0703. The summed E-state index contributed by atoms with van der Waals surface area (Å²) in [6.07, 6.45) is 2.44. The second kappa shape index (κ2) is 8.76. The fraction of sp³-hybridized carbons (Fsp3) is 0.250. The molecule has 3 N–H and O–H groups in total. The van der Waals surface area contributed by atoms with Crippen LogP contribution in [0.3, 0.4) is 0 Å². The second-order valence-corrected chi connectivity index (χ2v) is 7.90. The van der Waals surface area contributed by atoms with Crippen LogP contribution in [0.5, 0.6) is 5.75 Å². The van der Waals surface area contributed by atoms with Crippen LogP contribution < -0.4 is 20.3 Å². The van der Waals surface area contributed by atoms with Crippen molar-refractivity contribution in [2.24, 2.45) is 0 Å². The summed E-state index contributed by atoms with van der Waals surface area (Å²) in [4.78, 5) is 22.4. The number of benzene rings is 1. The van der Waals surface area contributed by atoms with Gasteiger partial charge < -0.3 is 25.4 Å². The summed E-state index contributed by atoms with van der Waals surface area (Å²) in [5, 5.41) is 17.4. The molecule has 0 saturated carbocycles. The van der Waals surface area contributed by atoms with Crippen LogP contribution in [0.1, 0.15) is 23.0 Å². The number of aromatic nitrogens is 2. The Labute approximate surface area is 182 Å². The second-order valence-electron chi connectivity index (χ2n) is 6.57. The van der Waals surface area contributed by atoms with Gasteiger partial charge in [0.2, 0.25) is 5.95 Å². The number of hydrogen-bond acceptors (Lipinski definition) is 8. The molecule has 8 nitrogen and oxygen atoms in total. The molecular weight excluding hydrogens is 426 g/mol. The number of hydrogen-bond donors (Lipinski definition) is 3. The number of aromatic carboxylic acids is 1. The van der Waals surface area contributed by atoms with Crippen molar-refractivity contribution in [1.82, 2.24) is 9.97 Å². The van der Waals surface area contributed by atoms with Gasteiger partial charge in [-0.15, -0.1) is 11.3 Å². The smallest absolute Gasteiger partial charge is 0.348 e. The number of nitrogens with zero attached hydrogens (tertiary/aromatic N) is 3. The number of nitrogens with one attached hydrogen (secondary N) is 2. The van der Waals surface area contributed by atoms with Gasteiger partial charge in [0.25, 0.3) is 0 Å². The third-order valence-corrected chi connectivity index (χ3v) is 5.80. The van der Waals surface area contributed by atoms with Gasteiger partial charge in [0.05, 0.1) is 24.2 Å². The highest BCUT2D eigenvalue weighted by molar-refractivity contribution is 7.12. The first-order valence-electron chi connectivity index (χ1n) is 9.44. The van der Waals surface area contributed by atoms with Gasteiger partial charge in [-0.25, -0.2) is 9.78 Å². The average molecular weight is 446 g/mol. The Hall–Kier alpha value is -3.04. The standard InChI is InChI=1S/C20H20ClN5O3S/c1-2-26-7-3-8-29-16-5-4-12(10-15(16)26)23-20-22-11-13(21)18(25-20)24-14-6-9-30-17(14)19(27)28/h4-6,9-11H,2-3,7-8H2,1H3,(H,27,28)(H2,22,23,24,25). The van der Waals surface area contributed by atoms with E-state index in [0.29, 0.717) is 24.1 Å². The lowest BCUT2D eigenvalue weighted by Crippen LogP contribution is -2.23. The summed E-state index contributed by atoms with van der Waals surface area (Å²) in [5.41, 5.74) is 2.27. The molecule has 3 heterocycles. The summed E-state index contributed by atoms with van der Waals surface area (Å²) < 4.78 is 5.83. The minimum atomic E-state index is -1.01. The summed E-state index contributed by atoms with van der Waals surface area (Å²) >= 11 is 7.34. The van der Waals surface area contributed by atoms with E-state index in [1.54, 1.807) is 11.4 Å². The Bertz CT molecular complexity index is 1070. The van der Waals surface area contributed by atoms with E-state index in [9.17, 15) is 9.90 Å². The number of ether oxygens (including phenoxy) is 1. The van der Waals surface area contributed by atoms with E-state index in [1.807, 2.05) is 18.2 Å². The maximum Gasteiger partial charge on any atom is 0.348 e. The van der Waals surface area contributed by atoms with E-state index in [4.69, 9.17) is 16.3 Å². The molecule has 10 heteroatoms. The van der Waals surface area contributed by atoms with Crippen molar-refractivity contribution in [2.75, 3.05) is 35.2 Å². The van der Waals surface area contributed by atoms with Crippen LogP contribution in [0.25, 0.3) is 0 Å². The van der Waals surface area contributed by atoms with E-state index in [-0.39, 0.29) is 9.90 Å². The van der Waals surface area contributed by atoms with Crippen LogP contribution in [0.4, 0.5) is 28.8 Å². The average Bonchev–Trinajstić information content (AvgIpc) is 3.10. The minimum Gasteiger partial charge on any atom is -0.491 e. The normalized spacial score (nSPS) is 13.2. The molecule has 156 valence electrons. The van der Waals surface area contributed by atoms with Crippen LogP contribution in [0.15, 0.2) is 35.8 Å². The monoisotopic (exact) mass is 445 g/mol. The van der Waals surface area contributed by atoms with Crippen LogP contribution in [-0.4, -0.2) is 40.7 Å². The zero-order valence-electron chi connectivity index (χ0n) is 16.2. The van der Waals surface area contributed by atoms with E-state index in [0.717, 1.165) is 48.0 Å². The number of anilines is 5. The van der Waals surface area contributed by atoms with Gasteiger partial charge in [0.1, 0.15) is 15.6 Å². The molecule has 2 aromatic heterocycles. The Kier molecular flexibility index (Phi) is 5.91. The van der Waals surface area contributed by atoms with Crippen LogP contribution in [-0.2, 0) is 0 Å². The van der Waals surface area contributed by atoms with Gasteiger partial charge >= 0.3 is 5.97 Å². The predicted octanol–water partition coefficient (Wildman–Crippen LogP) is 4.99. The molecule has 0 unspecified atom stereocenters. The van der Waals surface area contributed by atoms with Crippen molar-refractivity contribution in [2.45, 2.75) is 13.3 Å². The largest absolute Gasteiger partial charge is 0.491 e. The maximum absolute atomic E-state index is 11.3. The lowest BCUT2D eigenvalue weighted by Gasteiger charge is -2.22. The quantitative estimate of drug-likeness (QED) is 0.488. The van der Waals surface area contributed by atoms with Gasteiger partial charge in [-0.05, 0) is 43.0 Å². The van der Waals surface area contributed by atoms with Gasteiger partial charge in [0, 0.05) is 18.8 Å². The summed E-state index contributed by atoms with van der Waals surface area (Å²) in [6.45, 7) is 4.64. The first-order valence-corrected chi connectivity index (χ1v) is 10.7. The van der Waals surface area contributed by atoms with Crippen molar-refractivity contribution < 1.29 is 14.6 Å². The van der Waals surface area contributed by atoms with E-state index in [1.165, 1.54) is 6.20 Å². The number of rotatable bonds is 6. The van der Waals surface area contributed by atoms with Crippen molar-refractivity contribution in [3.8, 4) is 5.75 Å². The third kappa shape index (κ3) is 4.27. The molecule has 0 spiro atoms. The molecule has 0 saturated heterocycles. The van der Waals surface area contributed by atoms with Crippen molar-refractivity contribution in [3.63, 3.8) is 0 Å². The topological polar surface area (TPSA) is 99.6 Å². The van der Waals surface area contributed by atoms with Crippen molar-refractivity contribution in [3.05, 3.63) is 45.7 Å². The molecule has 0 atom stereocenters. The molecule has 0 aliphatic carbocycles. The van der Waals surface area contributed by atoms with Gasteiger partial charge in [-0.2, -0.15) is 4.98 Å². The molecule has 1 aliphatic rings. The number of fused-ring (bicyclic) bond motifs is 1. The number of thiophene rings is 1. The summed E-state index contributed by atoms with van der Waals surface area (Å²) in [7, 11) is 0. The Morgan fingerprint density at radius 1 is 1.37 bits per heavy atom. The molecule has 3 aromatic rings. The maximum atomic E-state index is 11.3. The highest BCUT2D eigenvalue weighted by atomic mass is 35.5. The highest BCUT2D eigenvalue weighted by Crippen LogP contribution is 2.35. The Balaban J connectivity index is 1.58. The number of carboxylic acid groups (broad SMARTS) is 1. The highest BCUT2D eigenvalue weighted by Gasteiger charge is 2.17. The molecule has 0 radical (unpaired) electrons. The van der Waals surface area contributed by atoms with E-state index in [2.05, 4.69) is 32.4 Å². The molecule has 4 rings (SSSR count). The fourth-order valence-electron chi connectivity index (χ4n) is 3.20. The van der Waals surface area contributed by atoms with Crippen molar-refractivity contribution in [1.29, 1.82) is 0 Å². The molecule has 0 amide bonds. The van der Waals surface area contributed by atoms with Gasteiger partial charge in [-0.3, -0.25) is 0 Å². The molecule has 0 fully saturated rings. The molecule has 1 aliphatic heterocycles. The third-order valence-electron chi connectivity index (χ3n) is 4.62.